The zero-order valence-electron chi connectivity index (χ0n) is 19.2. The number of aryl methyl sites for hydroxylation is 1. The van der Waals surface area contributed by atoms with Gasteiger partial charge in [0.25, 0.3) is 5.91 Å². The molecular formula is C23H35N4O4+. The normalized spacial score (nSPS) is 11.9. The second-order valence-electron chi connectivity index (χ2n) is 7.70. The highest BCUT2D eigenvalue weighted by Gasteiger charge is 2.26. The minimum absolute atomic E-state index is 0.0813. The van der Waals surface area contributed by atoms with Gasteiger partial charge >= 0.3 is 0 Å². The van der Waals surface area contributed by atoms with Gasteiger partial charge in [-0.1, -0.05) is 17.3 Å². The highest BCUT2D eigenvalue weighted by molar-refractivity contribution is 6.00. The molecule has 0 spiro atoms. The van der Waals surface area contributed by atoms with Crippen molar-refractivity contribution in [2.24, 2.45) is 0 Å². The van der Waals surface area contributed by atoms with Crippen molar-refractivity contribution in [3.63, 3.8) is 0 Å². The Morgan fingerprint density at radius 3 is 2.58 bits per heavy atom. The van der Waals surface area contributed by atoms with Crippen molar-refractivity contribution in [3.05, 3.63) is 41.7 Å². The molecule has 8 heteroatoms. The number of hydrogen-bond acceptors (Lipinski definition) is 5. The second kappa shape index (κ2) is 12.1. The number of ether oxygens (including phenoxy) is 1. The molecule has 8 nitrogen and oxygen atoms in total. The van der Waals surface area contributed by atoms with E-state index in [4.69, 9.17) is 9.26 Å². The van der Waals surface area contributed by atoms with E-state index in [-0.39, 0.29) is 24.4 Å². The lowest BCUT2D eigenvalue weighted by Crippen LogP contribution is -3.11. The van der Waals surface area contributed by atoms with Gasteiger partial charge in [-0.15, -0.1) is 0 Å². The monoisotopic (exact) mass is 431 g/mol. The van der Waals surface area contributed by atoms with Crippen LogP contribution in [-0.2, 0) is 4.79 Å². The van der Waals surface area contributed by atoms with Crippen molar-refractivity contribution in [2.75, 3.05) is 38.6 Å². The first-order valence-electron chi connectivity index (χ1n) is 10.9. The third-order valence-corrected chi connectivity index (χ3v) is 5.49. The minimum Gasteiger partial charge on any atom is -0.496 e. The maximum Gasteiger partial charge on any atom is 0.258 e. The zero-order valence-corrected chi connectivity index (χ0v) is 19.2. The Bertz CT molecular complexity index is 848. The number of amides is 2. The molecule has 0 bridgehead atoms. The van der Waals surface area contributed by atoms with E-state index >= 15 is 0 Å². The second-order valence-corrected chi connectivity index (χ2v) is 7.70. The summed E-state index contributed by atoms with van der Waals surface area (Å²) < 4.78 is 10.4. The lowest BCUT2D eigenvalue weighted by Gasteiger charge is -2.29. The lowest BCUT2D eigenvalue weighted by molar-refractivity contribution is -0.896. The summed E-state index contributed by atoms with van der Waals surface area (Å²) >= 11 is 0. The third-order valence-electron chi connectivity index (χ3n) is 5.49. The molecule has 170 valence electrons. The summed E-state index contributed by atoms with van der Waals surface area (Å²) in [6.07, 6.45) is 1.78. The Morgan fingerprint density at radius 2 is 1.97 bits per heavy atom. The molecule has 0 aliphatic rings. The van der Waals surface area contributed by atoms with E-state index in [2.05, 4.69) is 24.3 Å². The summed E-state index contributed by atoms with van der Waals surface area (Å²) in [6, 6.07) is 8.60. The Hall–Kier alpha value is -2.87. The summed E-state index contributed by atoms with van der Waals surface area (Å²) in [4.78, 5) is 29.2. The Labute approximate surface area is 184 Å². The standard InChI is InChI=1S/C23H34N4O4/c1-6-26(7-2)14-10-11-17(3)27(16-22(28)24-21-15-18(4)31-25-21)23(29)19-12-8-9-13-20(19)30-5/h8-9,12-13,15,17H,6-7,10-11,14,16H2,1-5H3,(H,24,25,28)/p+1/t17-/m1/s1. The number of benzene rings is 1. The average Bonchev–Trinajstić information content (AvgIpc) is 3.18. The van der Waals surface area contributed by atoms with Gasteiger partial charge in [-0.2, -0.15) is 0 Å². The van der Waals surface area contributed by atoms with Crippen LogP contribution in [0, 0.1) is 6.92 Å². The van der Waals surface area contributed by atoms with E-state index in [1.165, 1.54) is 12.0 Å². The molecule has 0 unspecified atom stereocenters. The molecule has 1 aromatic carbocycles. The molecule has 0 saturated carbocycles. The predicted octanol–water partition coefficient (Wildman–Crippen LogP) is 2.17. The van der Waals surface area contributed by atoms with Gasteiger partial charge in [0.05, 0.1) is 32.3 Å². The quantitative estimate of drug-likeness (QED) is 0.538. The van der Waals surface area contributed by atoms with Crippen LogP contribution in [0.25, 0.3) is 0 Å². The molecule has 0 fully saturated rings. The Morgan fingerprint density at radius 1 is 1.26 bits per heavy atom. The Balaban J connectivity index is 2.15. The molecular weight excluding hydrogens is 396 g/mol. The Kier molecular flexibility index (Phi) is 9.52. The first kappa shape index (κ1) is 24.4. The number of anilines is 1. The number of para-hydroxylation sites is 1. The molecule has 0 radical (unpaired) electrons. The number of rotatable bonds is 12. The van der Waals surface area contributed by atoms with Crippen LogP contribution in [0.2, 0.25) is 0 Å². The highest BCUT2D eigenvalue weighted by atomic mass is 16.5. The summed E-state index contributed by atoms with van der Waals surface area (Å²) in [5.41, 5.74) is 0.441. The van der Waals surface area contributed by atoms with Crippen molar-refractivity contribution in [1.29, 1.82) is 0 Å². The number of hydrogen-bond donors (Lipinski definition) is 2. The fourth-order valence-corrected chi connectivity index (χ4v) is 3.57. The fourth-order valence-electron chi connectivity index (χ4n) is 3.57. The fraction of sp³-hybridized carbons (Fsp3) is 0.522. The molecule has 1 aromatic heterocycles. The van der Waals surface area contributed by atoms with Gasteiger partial charge in [0.2, 0.25) is 5.91 Å². The van der Waals surface area contributed by atoms with Crippen LogP contribution < -0.4 is 15.0 Å². The average molecular weight is 432 g/mol. The predicted molar refractivity (Wildman–Crippen MR) is 120 cm³/mol. The van der Waals surface area contributed by atoms with Crippen molar-refractivity contribution in [3.8, 4) is 5.75 Å². The summed E-state index contributed by atoms with van der Waals surface area (Å²) in [5, 5.41) is 6.50. The molecule has 2 N–H and O–H groups in total. The molecule has 1 atom stereocenters. The van der Waals surface area contributed by atoms with Crippen molar-refractivity contribution in [2.45, 2.75) is 46.6 Å². The topological polar surface area (TPSA) is 89.1 Å². The maximum atomic E-state index is 13.4. The van der Waals surface area contributed by atoms with E-state index in [0.29, 0.717) is 22.9 Å². The molecule has 2 rings (SSSR count). The number of nitrogens with zero attached hydrogens (tertiary/aromatic N) is 2. The van der Waals surface area contributed by atoms with Gasteiger partial charge in [-0.25, -0.2) is 0 Å². The molecule has 2 amide bonds. The molecule has 0 aliphatic heterocycles. The van der Waals surface area contributed by atoms with Gasteiger partial charge in [0.15, 0.2) is 5.82 Å². The van der Waals surface area contributed by atoms with Crippen LogP contribution in [0.1, 0.15) is 49.7 Å². The SMILES string of the molecule is CC[NH+](CC)CCC[C@@H](C)N(CC(=O)Nc1cc(C)on1)C(=O)c1ccccc1OC. The van der Waals surface area contributed by atoms with Crippen LogP contribution >= 0.6 is 0 Å². The van der Waals surface area contributed by atoms with Gasteiger partial charge in [0, 0.05) is 12.1 Å². The van der Waals surface area contributed by atoms with Crippen LogP contribution in [0.3, 0.4) is 0 Å². The number of nitrogens with one attached hydrogen (secondary N) is 2. The molecule has 31 heavy (non-hydrogen) atoms. The van der Waals surface area contributed by atoms with Gasteiger partial charge in [-0.3, -0.25) is 9.59 Å². The van der Waals surface area contributed by atoms with E-state index in [0.717, 1.165) is 32.5 Å². The molecule has 2 aromatic rings. The molecule has 0 aliphatic carbocycles. The van der Waals surface area contributed by atoms with Crippen molar-refractivity contribution < 1.29 is 23.7 Å². The number of methoxy groups -OCH3 is 1. The zero-order chi connectivity index (χ0) is 22.8. The van der Waals surface area contributed by atoms with Crippen molar-refractivity contribution in [1.82, 2.24) is 10.1 Å². The smallest absolute Gasteiger partial charge is 0.258 e. The summed E-state index contributed by atoms with van der Waals surface area (Å²) in [6.45, 7) is 11.2. The first-order valence-corrected chi connectivity index (χ1v) is 10.9. The summed E-state index contributed by atoms with van der Waals surface area (Å²) in [7, 11) is 1.53. The largest absolute Gasteiger partial charge is 0.496 e. The first-order chi connectivity index (χ1) is 14.9. The van der Waals surface area contributed by atoms with E-state index in [9.17, 15) is 9.59 Å². The number of carbonyl (C=O) groups excluding carboxylic acids is 2. The van der Waals surface area contributed by atoms with Crippen LogP contribution in [0.5, 0.6) is 5.75 Å². The number of aromatic nitrogens is 1. The van der Waals surface area contributed by atoms with Gasteiger partial charge < -0.3 is 24.4 Å². The maximum absolute atomic E-state index is 13.4. The third kappa shape index (κ3) is 7.10. The minimum atomic E-state index is -0.322. The highest BCUT2D eigenvalue weighted by Crippen LogP contribution is 2.21. The van der Waals surface area contributed by atoms with Crippen molar-refractivity contribution >= 4 is 17.6 Å². The lowest BCUT2D eigenvalue weighted by atomic mass is 10.1. The van der Waals surface area contributed by atoms with Gasteiger partial charge in [-0.05, 0) is 52.7 Å². The summed E-state index contributed by atoms with van der Waals surface area (Å²) in [5.74, 6) is 0.878. The van der Waals surface area contributed by atoms with Gasteiger partial charge in [0.1, 0.15) is 18.1 Å². The van der Waals surface area contributed by atoms with E-state index < -0.39 is 0 Å². The van der Waals surface area contributed by atoms with Crippen LogP contribution in [0.15, 0.2) is 34.9 Å². The number of quaternary nitrogens is 1. The molecule has 0 saturated heterocycles. The van der Waals surface area contributed by atoms with E-state index in [1.807, 2.05) is 13.0 Å². The molecule has 1 heterocycles. The number of carbonyl (C=O) groups is 2. The van der Waals surface area contributed by atoms with E-state index in [1.54, 1.807) is 36.1 Å². The van der Waals surface area contributed by atoms with Crippen LogP contribution in [0.4, 0.5) is 5.82 Å². The van der Waals surface area contributed by atoms with Crippen LogP contribution in [-0.4, -0.2) is 61.2 Å².